The molecule has 0 aromatic carbocycles. The summed E-state index contributed by atoms with van der Waals surface area (Å²) in [6.45, 7) is 9.44. The highest BCUT2D eigenvalue weighted by Gasteiger charge is 2.30. The first-order valence-electron chi connectivity index (χ1n) is 39.0. The van der Waals surface area contributed by atoms with Crippen LogP contribution in [0.15, 0.2) is 0 Å². The van der Waals surface area contributed by atoms with Crippen molar-refractivity contribution in [3.8, 4) is 0 Å². The lowest BCUT2D eigenvalue weighted by Crippen LogP contribution is -2.30. The second-order valence-electron chi connectivity index (χ2n) is 28.0. The molecule has 0 saturated heterocycles. The van der Waals surface area contributed by atoms with Gasteiger partial charge in [-0.1, -0.05) is 337 Å². The molecule has 0 saturated carbocycles. The van der Waals surface area contributed by atoms with E-state index in [1.807, 2.05) is 0 Å². The van der Waals surface area contributed by atoms with Gasteiger partial charge < -0.3 is 33.8 Å². The highest BCUT2D eigenvalue weighted by molar-refractivity contribution is 7.47. The molecule has 0 aliphatic heterocycles. The van der Waals surface area contributed by atoms with Gasteiger partial charge in [0.2, 0.25) is 0 Å². The Balaban J connectivity index is 5.10. The Morgan fingerprint density at radius 3 is 0.723 bits per heavy atom. The number of carbonyl (C=O) groups is 4. The molecule has 0 aromatic heterocycles. The minimum absolute atomic E-state index is 0.103. The summed E-state index contributed by atoms with van der Waals surface area (Å²) in [5.41, 5.74) is 0. The maximum absolute atomic E-state index is 13.1. The summed E-state index contributed by atoms with van der Waals surface area (Å²) in [5.74, 6) is -0.638. The van der Waals surface area contributed by atoms with Crippen LogP contribution in [0.25, 0.3) is 0 Å². The zero-order valence-corrected chi connectivity index (χ0v) is 63.1. The molecule has 0 aromatic rings. The standard InChI is InChI=1S/C75H146O17P2/c1-7-9-11-13-14-15-16-17-18-19-20-21-22-23-24-25-30-33-36-41-47-53-59-74(79)92-71(64-86-73(78)58-52-46-40-35-32-29-27-26-28-31-34-38-44-49-55-67(3)4)66-90-94(83,84)88-62-69(76)61-87-93(81,82)89-65-70(63-85-72(77)57-51-43-12-10-8-2)91-75(80)60-54-48-42-37-39-45-50-56-68(5)6/h67-71,76H,7-66H2,1-6H3,(H,81,82)(H,83,84)/t69-,70+,71+/m0/s1. The van der Waals surface area contributed by atoms with Crippen molar-refractivity contribution < 1.29 is 80.2 Å². The van der Waals surface area contributed by atoms with Crippen LogP contribution in [-0.2, 0) is 65.4 Å². The van der Waals surface area contributed by atoms with E-state index < -0.39 is 97.5 Å². The smallest absolute Gasteiger partial charge is 0.462 e. The van der Waals surface area contributed by atoms with Gasteiger partial charge in [0, 0.05) is 25.7 Å². The van der Waals surface area contributed by atoms with Crippen molar-refractivity contribution >= 4 is 39.5 Å². The Labute approximate surface area is 575 Å². The SMILES string of the molecule is CCCCCCCCCCCCCCCCCCCCCCCCC(=O)O[C@H](COC(=O)CCCCCCCCCCCCCCCCC(C)C)COP(=O)(O)OC[C@@H](O)COP(=O)(O)OC[C@@H](COC(=O)CCCCCCC)OC(=O)CCCCCCCCCC(C)C. The average Bonchev–Trinajstić information content (AvgIpc) is 1.46. The molecule has 0 radical (unpaired) electrons. The molecule has 0 aliphatic rings. The molecule has 0 heterocycles. The summed E-state index contributed by atoms with van der Waals surface area (Å²) in [7, 11) is -9.90. The summed E-state index contributed by atoms with van der Waals surface area (Å²) >= 11 is 0. The maximum atomic E-state index is 13.1. The van der Waals surface area contributed by atoms with Gasteiger partial charge in [0.15, 0.2) is 12.2 Å². The predicted octanol–water partition coefficient (Wildman–Crippen LogP) is 21.9. The van der Waals surface area contributed by atoms with Crippen molar-refractivity contribution in [2.24, 2.45) is 11.8 Å². The molecule has 0 bridgehead atoms. The van der Waals surface area contributed by atoms with E-state index in [0.29, 0.717) is 31.6 Å². The zero-order valence-electron chi connectivity index (χ0n) is 61.3. The number of rotatable bonds is 74. The quantitative estimate of drug-likeness (QED) is 0.0222. The van der Waals surface area contributed by atoms with Crippen LogP contribution in [0.3, 0.4) is 0 Å². The molecule has 0 rings (SSSR count). The van der Waals surface area contributed by atoms with E-state index in [4.69, 9.17) is 37.0 Å². The summed E-state index contributed by atoms with van der Waals surface area (Å²) in [6, 6.07) is 0. The highest BCUT2D eigenvalue weighted by atomic mass is 31.2. The fourth-order valence-electron chi connectivity index (χ4n) is 11.5. The van der Waals surface area contributed by atoms with Crippen LogP contribution in [0.4, 0.5) is 0 Å². The number of ether oxygens (including phenoxy) is 4. The van der Waals surface area contributed by atoms with Crippen LogP contribution >= 0.6 is 15.6 Å². The van der Waals surface area contributed by atoms with Gasteiger partial charge in [0.05, 0.1) is 26.4 Å². The van der Waals surface area contributed by atoms with Gasteiger partial charge >= 0.3 is 39.5 Å². The molecule has 17 nitrogen and oxygen atoms in total. The molecule has 0 spiro atoms. The van der Waals surface area contributed by atoms with Gasteiger partial charge in [-0.15, -0.1) is 0 Å². The van der Waals surface area contributed by atoms with Gasteiger partial charge in [-0.05, 0) is 37.5 Å². The van der Waals surface area contributed by atoms with Crippen LogP contribution < -0.4 is 0 Å². The number of aliphatic hydroxyl groups is 1. The third-order valence-electron chi connectivity index (χ3n) is 17.5. The Bertz CT molecular complexity index is 1820. The van der Waals surface area contributed by atoms with Crippen LogP contribution in [0.1, 0.15) is 388 Å². The lowest BCUT2D eigenvalue weighted by atomic mass is 10.0. The van der Waals surface area contributed by atoms with E-state index in [0.717, 1.165) is 102 Å². The van der Waals surface area contributed by atoms with Crippen molar-refractivity contribution in [3.05, 3.63) is 0 Å². The van der Waals surface area contributed by atoms with Crippen LogP contribution in [0.2, 0.25) is 0 Å². The normalized spacial score (nSPS) is 14.0. The number of hydrogen-bond donors (Lipinski definition) is 3. The molecule has 0 fully saturated rings. The summed E-state index contributed by atoms with van der Waals surface area (Å²) in [5, 5.41) is 10.6. The number of hydrogen-bond acceptors (Lipinski definition) is 15. The minimum Gasteiger partial charge on any atom is -0.462 e. The van der Waals surface area contributed by atoms with Crippen molar-refractivity contribution in [2.45, 2.75) is 407 Å². The molecule has 19 heteroatoms. The highest BCUT2D eigenvalue weighted by Crippen LogP contribution is 2.45. The minimum atomic E-state index is -4.95. The topological polar surface area (TPSA) is 237 Å². The monoisotopic (exact) mass is 1380 g/mol. The Kier molecular flexibility index (Phi) is 65.5. The Morgan fingerprint density at radius 2 is 0.489 bits per heavy atom. The van der Waals surface area contributed by atoms with E-state index in [-0.39, 0.29) is 25.7 Å². The fraction of sp³-hybridized carbons (Fsp3) is 0.947. The number of unbranched alkanes of at least 4 members (excludes halogenated alkanes) is 44. The second kappa shape index (κ2) is 66.9. The first kappa shape index (κ1) is 92.1. The van der Waals surface area contributed by atoms with E-state index in [1.54, 1.807) is 0 Å². The number of phosphoric ester groups is 2. The van der Waals surface area contributed by atoms with Gasteiger partial charge in [0.25, 0.3) is 0 Å². The maximum Gasteiger partial charge on any atom is 0.472 e. The summed E-state index contributed by atoms with van der Waals surface area (Å²) in [6.07, 6.45) is 54.9. The number of carbonyl (C=O) groups excluding carboxylic acids is 4. The lowest BCUT2D eigenvalue weighted by molar-refractivity contribution is -0.161. The predicted molar refractivity (Wildman–Crippen MR) is 381 cm³/mol. The molecule has 3 N–H and O–H groups in total. The number of phosphoric acid groups is 2. The van der Waals surface area contributed by atoms with Crippen LogP contribution in [0.5, 0.6) is 0 Å². The lowest BCUT2D eigenvalue weighted by Gasteiger charge is -2.21. The molecule has 0 aliphatic carbocycles. The number of esters is 4. The first-order valence-corrected chi connectivity index (χ1v) is 42.0. The second-order valence-corrected chi connectivity index (χ2v) is 30.9. The van der Waals surface area contributed by atoms with Crippen LogP contribution in [-0.4, -0.2) is 96.7 Å². The molecular formula is C75H146O17P2. The molecule has 94 heavy (non-hydrogen) atoms. The third-order valence-corrected chi connectivity index (χ3v) is 19.4. The van der Waals surface area contributed by atoms with E-state index in [9.17, 15) is 43.2 Å². The fourth-order valence-corrected chi connectivity index (χ4v) is 13.1. The van der Waals surface area contributed by atoms with Gasteiger partial charge in [-0.3, -0.25) is 37.3 Å². The van der Waals surface area contributed by atoms with E-state index >= 15 is 0 Å². The zero-order chi connectivity index (χ0) is 69.3. The number of aliphatic hydroxyl groups excluding tert-OH is 1. The van der Waals surface area contributed by atoms with Crippen molar-refractivity contribution in [3.63, 3.8) is 0 Å². The molecule has 5 atom stereocenters. The first-order chi connectivity index (χ1) is 45.4. The molecule has 0 amide bonds. The van der Waals surface area contributed by atoms with Gasteiger partial charge in [-0.2, -0.15) is 0 Å². The van der Waals surface area contributed by atoms with Crippen molar-refractivity contribution in [2.75, 3.05) is 39.6 Å². The van der Waals surface area contributed by atoms with Gasteiger partial charge in [-0.25, -0.2) is 9.13 Å². The van der Waals surface area contributed by atoms with Crippen LogP contribution in [0, 0.1) is 11.8 Å². The average molecular weight is 1380 g/mol. The van der Waals surface area contributed by atoms with E-state index in [1.165, 1.54) is 199 Å². The van der Waals surface area contributed by atoms with E-state index in [2.05, 4.69) is 41.5 Å². The van der Waals surface area contributed by atoms with Crippen molar-refractivity contribution in [1.82, 2.24) is 0 Å². The van der Waals surface area contributed by atoms with Gasteiger partial charge in [0.1, 0.15) is 19.3 Å². The molecule has 558 valence electrons. The van der Waals surface area contributed by atoms with Crippen molar-refractivity contribution in [1.29, 1.82) is 0 Å². The molecular weight excluding hydrogens is 1230 g/mol. The summed E-state index contributed by atoms with van der Waals surface area (Å²) < 4.78 is 68.2. The third kappa shape index (κ3) is 68.6. The Hall–Kier alpha value is -1.94. The molecule has 2 unspecified atom stereocenters. The largest absolute Gasteiger partial charge is 0.472 e. The summed E-state index contributed by atoms with van der Waals surface area (Å²) in [4.78, 5) is 72.4. The Morgan fingerprint density at radius 1 is 0.287 bits per heavy atom.